The van der Waals surface area contributed by atoms with Gasteiger partial charge < -0.3 is 53.8 Å². The molecular formula is C57H95N13O9S. The van der Waals surface area contributed by atoms with Gasteiger partial charge in [-0.1, -0.05) is 99.1 Å². The highest BCUT2D eigenvalue weighted by Gasteiger charge is 2.19. The molecule has 5 heterocycles. The van der Waals surface area contributed by atoms with Crippen LogP contribution in [0.4, 0.5) is 0 Å². The van der Waals surface area contributed by atoms with Crippen molar-refractivity contribution in [1.82, 2.24) is 65.8 Å². The van der Waals surface area contributed by atoms with Crippen LogP contribution in [0.25, 0.3) is 16.9 Å². The number of ether oxygens (including phenoxy) is 8. The molecule has 2 fully saturated rings. The van der Waals surface area contributed by atoms with Crippen molar-refractivity contribution in [2.45, 2.75) is 125 Å². The summed E-state index contributed by atoms with van der Waals surface area (Å²) in [5.74, 6) is 5.13. The summed E-state index contributed by atoms with van der Waals surface area (Å²) in [5, 5.41) is 35.1. The van der Waals surface area contributed by atoms with Crippen molar-refractivity contribution in [2.24, 2.45) is 0 Å². The molecule has 0 radical (unpaired) electrons. The van der Waals surface area contributed by atoms with Gasteiger partial charge >= 0.3 is 0 Å². The maximum atomic E-state index is 11.9. The fourth-order valence-corrected chi connectivity index (χ4v) is 9.20. The minimum absolute atomic E-state index is 0.100. The molecule has 3 N–H and O–H groups in total. The Morgan fingerprint density at radius 3 is 1.73 bits per heavy atom. The van der Waals surface area contributed by atoms with Gasteiger partial charge in [0, 0.05) is 87.3 Å². The monoisotopic (exact) mass is 1140 g/mol. The van der Waals surface area contributed by atoms with Crippen LogP contribution < -0.4 is 16.0 Å². The van der Waals surface area contributed by atoms with Crippen molar-refractivity contribution >= 4 is 15.4 Å². The summed E-state index contributed by atoms with van der Waals surface area (Å²) in [5.41, 5.74) is 7.17. The van der Waals surface area contributed by atoms with Crippen LogP contribution in [0.2, 0.25) is 0 Å². The van der Waals surface area contributed by atoms with Crippen molar-refractivity contribution in [3.8, 4) is 16.9 Å². The van der Waals surface area contributed by atoms with Crippen LogP contribution in [0.15, 0.2) is 67.1 Å². The van der Waals surface area contributed by atoms with Gasteiger partial charge in [0.25, 0.3) is 0 Å². The van der Waals surface area contributed by atoms with Crippen LogP contribution in [0.1, 0.15) is 83.3 Å². The second-order valence-corrected chi connectivity index (χ2v) is 23.5. The van der Waals surface area contributed by atoms with Gasteiger partial charge in [-0.15, -0.1) is 15.3 Å². The van der Waals surface area contributed by atoms with Crippen LogP contribution in [-0.2, 0) is 80.2 Å². The zero-order valence-electron chi connectivity index (χ0n) is 49.0. The fraction of sp³-hybridized carbons (Fsp3) is 0.667. The Morgan fingerprint density at radius 2 is 1.16 bits per heavy atom. The summed E-state index contributed by atoms with van der Waals surface area (Å²) in [6, 6.07) is 18.1. The lowest BCUT2D eigenvalue weighted by Crippen LogP contribution is -2.39. The topological polar surface area (TPSA) is 222 Å². The van der Waals surface area contributed by atoms with E-state index in [9.17, 15) is 4.21 Å². The van der Waals surface area contributed by atoms with Gasteiger partial charge in [-0.3, -0.25) is 9.11 Å². The van der Waals surface area contributed by atoms with Crippen molar-refractivity contribution in [3.63, 3.8) is 0 Å². The van der Waals surface area contributed by atoms with Crippen molar-refractivity contribution in [2.75, 3.05) is 124 Å². The lowest BCUT2D eigenvalue weighted by atomic mass is 10.1. The summed E-state index contributed by atoms with van der Waals surface area (Å²) in [6.45, 7) is 29.5. The second-order valence-electron chi connectivity index (χ2n) is 20.7. The Kier molecular flexibility index (Phi) is 32.3. The number of hydrogen-bond donors (Lipinski definition) is 3. The SMILES string of the molecule is C=S1(=O)CCN(Cc2cn(CCOCCOCCOCCNC(C)C)nn2)CC1.CC(C)NCc1ccc(-n2cc(COC3CCCCO3)nn2)cc1.Cc1ccc(-c2cn(CCOCCOCCOCCNC(C)C)nn2)cc1. The molecule has 448 valence electrons. The zero-order valence-corrected chi connectivity index (χ0v) is 49.8. The predicted molar refractivity (Wildman–Crippen MR) is 313 cm³/mol. The molecule has 7 rings (SSSR count). The van der Waals surface area contributed by atoms with Crippen LogP contribution in [0.3, 0.4) is 0 Å². The molecule has 5 aromatic rings. The highest BCUT2D eigenvalue weighted by Crippen LogP contribution is 2.18. The molecule has 2 aromatic carbocycles. The van der Waals surface area contributed by atoms with E-state index < -0.39 is 9.52 Å². The molecule has 22 nitrogen and oxygen atoms in total. The van der Waals surface area contributed by atoms with E-state index in [1.807, 2.05) is 18.6 Å². The molecule has 0 spiro atoms. The third kappa shape index (κ3) is 29.4. The van der Waals surface area contributed by atoms with Crippen LogP contribution in [0.5, 0.6) is 0 Å². The van der Waals surface area contributed by atoms with Gasteiger partial charge in [-0.2, -0.15) is 0 Å². The van der Waals surface area contributed by atoms with E-state index in [2.05, 4.69) is 155 Å². The first kappa shape index (κ1) is 66.2. The highest BCUT2D eigenvalue weighted by molar-refractivity contribution is 8.00. The Hall–Kier alpha value is -4.60. The van der Waals surface area contributed by atoms with E-state index in [0.29, 0.717) is 129 Å². The number of nitrogens with zero attached hydrogens (tertiary/aromatic N) is 10. The van der Waals surface area contributed by atoms with Crippen LogP contribution >= 0.6 is 0 Å². The molecule has 0 saturated carbocycles. The molecule has 0 amide bonds. The number of rotatable bonds is 36. The van der Waals surface area contributed by atoms with E-state index in [4.69, 9.17) is 37.9 Å². The largest absolute Gasteiger partial charge is 0.378 e. The molecule has 23 heteroatoms. The third-order valence-corrected chi connectivity index (χ3v) is 14.3. The number of benzene rings is 2. The maximum absolute atomic E-state index is 11.9. The van der Waals surface area contributed by atoms with Crippen LogP contribution in [0, 0.1) is 6.92 Å². The predicted octanol–water partition coefficient (Wildman–Crippen LogP) is 4.97. The number of nitrogens with one attached hydrogen (secondary N) is 3. The molecule has 2 aliphatic rings. The highest BCUT2D eigenvalue weighted by atomic mass is 32.2. The third-order valence-electron chi connectivity index (χ3n) is 12.4. The smallest absolute Gasteiger partial charge is 0.158 e. The first-order chi connectivity index (χ1) is 38.8. The van der Waals surface area contributed by atoms with Crippen LogP contribution in [-0.4, -0.2) is 208 Å². The van der Waals surface area contributed by atoms with Gasteiger partial charge in [0.2, 0.25) is 0 Å². The summed E-state index contributed by atoms with van der Waals surface area (Å²) in [7, 11) is -1.85. The first-order valence-corrected chi connectivity index (χ1v) is 30.7. The normalized spacial score (nSPS) is 15.6. The molecule has 0 aliphatic carbocycles. The standard InChI is InChI=1S/C20H32N4O3.C19H37N5O4S.C18H26N4O2/c1-17(2)21-8-10-25-12-14-27-15-13-26-11-9-24-16-20(22-23-24)19-6-4-18(3)5-7-19;1-18(2)20-4-8-26-10-12-28-13-11-27-9-5-24-17-19(21-22-24)16-23-6-14-29(3,25)15-7-23;1-14(2)19-11-15-6-8-17(9-7-15)22-12-16(20-21-22)13-24-18-5-3-4-10-23-18/h4-7,16-17,21H,8-15H2,1-3H3;17-18,20H,3-16H2,1-2H3;6-9,12,14,18-19H,3-5,10-11,13H2,1-2H3. The summed E-state index contributed by atoms with van der Waals surface area (Å²) >= 11 is 0. The molecule has 2 aliphatic heterocycles. The molecule has 80 heavy (non-hydrogen) atoms. The summed E-state index contributed by atoms with van der Waals surface area (Å²) < 4.78 is 61.6. The lowest BCUT2D eigenvalue weighted by Gasteiger charge is -2.27. The van der Waals surface area contributed by atoms with Crippen molar-refractivity contribution < 1.29 is 42.1 Å². The molecular weight excluding hydrogens is 1040 g/mol. The number of hydrogen-bond acceptors (Lipinski definition) is 19. The quantitative estimate of drug-likeness (QED) is 0.0356. The Balaban J connectivity index is 0.000000221. The minimum Gasteiger partial charge on any atom is -0.378 e. The second kappa shape index (κ2) is 39.0. The average molecular weight is 1140 g/mol. The Bertz CT molecular complexity index is 2440. The van der Waals surface area contributed by atoms with Gasteiger partial charge in [-0.25, -0.2) is 14.0 Å². The van der Waals surface area contributed by atoms with E-state index in [0.717, 1.165) is 93.5 Å². The molecule has 1 atom stereocenters. The lowest BCUT2D eigenvalue weighted by molar-refractivity contribution is -0.169. The van der Waals surface area contributed by atoms with E-state index in [-0.39, 0.29) is 6.29 Å². The minimum atomic E-state index is -1.85. The first-order valence-electron chi connectivity index (χ1n) is 28.6. The Labute approximate surface area is 476 Å². The van der Waals surface area contributed by atoms with Crippen molar-refractivity contribution in [1.29, 1.82) is 0 Å². The van der Waals surface area contributed by atoms with E-state index in [1.54, 1.807) is 14.0 Å². The molecule has 3 aromatic heterocycles. The maximum Gasteiger partial charge on any atom is 0.158 e. The van der Waals surface area contributed by atoms with Gasteiger partial charge in [-0.05, 0) is 59.3 Å². The van der Waals surface area contributed by atoms with E-state index >= 15 is 0 Å². The number of aryl methyl sites for hydroxylation is 1. The van der Waals surface area contributed by atoms with Crippen molar-refractivity contribution in [3.05, 3.63) is 89.6 Å². The number of aromatic nitrogens is 9. The summed E-state index contributed by atoms with van der Waals surface area (Å²) in [6.07, 6.45) is 8.94. The van der Waals surface area contributed by atoms with Gasteiger partial charge in [0.15, 0.2) is 6.29 Å². The molecule has 1 unspecified atom stereocenters. The van der Waals surface area contributed by atoms with E-state index in [1.165, 1.54) is 11.1 Å². The van der Waals surface area contributed by atoms with Gasteiger partial charge in [0.1, 0.15) is 11.4 Å². The average Bonchev–Trinajstić information content (AvgIpc) is 4.26. The summed E-state index contributed by atoms with van der Waals surface area (Å²) in [4.78, 5) is 2.25. The molecule has 0 bridgehead atoms. The zero-order chi connectivity index (χ0) is 57.1. The Morgan fingerprint density at radius 1 is 0.625 bits per heavy atom. The fourth-order valence-electron chi connectivity index (χ4n) is 7.82. The molecule has 2 saturated heterocycles. The van der Waals surface area contributed by atoms with Gasteiger partial charge in [0.05, 0.1) is 123 Å².